The van der Waals surface area contributed by atoms with Crippen LogP contribution in [0.3, 0.4) is 0 Å². The standard InChI is InChI=1S/C17H32N2O/c1-4-6-10-14-16(20)19(15(18-14)9-5-2)13-17(3)11-7-8-12-17/h14-15,18H,4-13H2,1-3H3. The monoisotopic (exact) mass is 280 g/mol. The van der Waals surface area contributed by atoms with E-state index in [0.717, 1.165) is 32.2 Å². The third-order valence-electron chi connectivity index (χ3n) is 5.12. The molecule has 1 aliphatic heterocycles. The second-order valence-corrected chi connectivity index (χ2v) is 7.15. The molecule has 1 aliphatic carbocycles. The maximum atomic E-state index is 12.7. The number of hydrogen-bond acceptors (Lipinski definition) is 2. The molecule has 0 bridgehead atoms. The highest BCUT2D eigenvalue weighted by Gasteiger charge is 2.41. The number of amides is 1. The van der Waals surface area contributed by atoms with Crippen LogP contribution < -0.4 is 5.32 Å². The molecule has 1 N–H and O–H groups in total. The van der Waals surface area contributed by atoms with Gasteiger partial charge in [-0.05, 0) is 31.1 Å². The highest BCUT2D eigenvalue weighted by atomic mass is 16.2. The summed E-state index contributed by atoms with van der Waals surface area (Å²) in [5.41, 5.74) is 0.364. The van der Waals surface area contributed by atoms with Gasteiger partial charge in [0, 0.05) is 6.54 Å². The van der Waals surface area contributed by atoms with Crippen molar-refractivity contribution in [2.24, 2.45) is 5.41 Å². The molecular formula is C17H32N2O. The Morgan fingerprint density at radius 1 is 1.20 bits per heavy atom. The molecule has 0 aromatic carbocycles. The summed E-state index contributed by atoms with van der Waals surface area (Å²) >= 11 is 0. The molecule has 0 radical (unpaired) electrons. The summed E-state index contributed by atoms with van der Waals surface area (Å²) in [6.07, 6.45) is 11.1. The Bertz CT molecular complexity index is 323. The van der Waals surface area contributed by atoms with E-state index in [9.17, 15) is 4.79 Å². The molecule has 2 rings (SSSR count). The van der Waals surface area contributed by atoms with Crippen molar-refractivity contribution in [2.45, 2.75) is 90.8 Å². The third-order valence-corrected chi connectivity index (χ3v) is 5.12. The van der Waals surface area contributed by atoms with Crippen molar-refractivity contribution in [3.05, 3.63) is 0 Å². The third kappa shape index (κ3) is 3.55. The molecular weight excluding hydrogens is 248 g/mol. The van der Waals surface area contributed by atoms with Gasteiger partial charge in [-0.1, -0.05) is 52.9 Å². The number of carbonyl (C=O) groups excluding carboxylic acids is 1. The fourth-order valence-corrected chi connectivity index (χ4v) is 3.86. The van der Waals surface area contributed by atoms with Crippen LogP contribution in [0, 0.1) is 5.41 Å². The zero-order valence-electron chi connectivity index (χ0n) is 13.6. The minimum Gasteiger partial charge on any atom is -0.325 e. The van der Waals surface area contributed by atoms with Crippen molar-refractivity contribution in [3.8, 4) is 0 Å². The molecule has 0 spiro atoms. The summed E-state index contributed by atoms with van der Waals surface area (Å²) in [6, 6.07) is 0.0801. The lowest BCUT2D eigenvalue weighted by Crippen LogP contribution is -2.43. The van der Waals surface area contributed by atoms with Gasteiger partial charge in [-0.2, -0.15) is 0 Å². The van der Waals surface area contributed by atoms with Crippen molar-refractivity contribution in [1.29, 1.82) is 0 Å². The Kier molecular flexibility index (Phi) is 5.48. The van der Waals surface area contributed by atoms with E-state index in [0.29, 0.717) is 11.3 Å². The Labute approximate surface area is 124 Å². The van der Waals surface area contributed by atoms with E-state index in [2.05, 4.69) is 31.0 Å². The minimum absolute atomic E-state index is 0.0801. The number of nitrogens with one attached hydrogen (secondary N) is 1. The van der Waals surface area contributed by atoms with Gasteiger partial charge in [-0.25, -0.2) is 0 Å². The molecule has 1 saturated heterocycles. The zero-order chi connectivity index (χ0) is 14.6. The van der Waals surface area contributed by atoms with Crippen molar-refractivity contribution < 1.29 is 4.79 Å². The lowest BCUT2D eigenvalue weighted by Gasteiger charge is -2.33. The zero-order valence-corrected chi connectivity index (χ0v) is 13.6. The van der Waals surface area contributed by atoms with Crippen LogP contribution in [-0.4, -0.2) is 29.6 Å². The highest BCUT2D eigenvalue weighted by molar-refractivity contribution is 5.84. The van der Waals surface area contributed by atoms with Crippen molar-refractivity contribution in [2.75, 3.05) is 6.54 Å². The van der Waals surface area contributed by atoms with E-state index >= 15 is 0 Å². The summed E-state index contributed by atoms with van der Waals surface area (Å²) in [7, 11) is 0. The van der Waals surface area contributed by atoms with Gasteiger partial charge in [-0.3, -0.25) is 10.1 Å². The molecule has 1 amide bonds. The molecule has 3 heteroatoms. The summed E-state index contributed by atoms with van der Waals surface area (Å²) < 4.78 is 0. The Balaban J connectivity index is 2.01. The van der Waals surface area contributed by atoms with Gasteiger partial charge in [0.15, 0.2) is 0 Å². The second kappa shape index (κ2) is 6.93. The first-order valence-electron chi connectivity index (χ1n) is 8.66. The number of rotatable bonds is 7. The molecule has 1 heterocycles. The average Bonchev–Trinajstić information content (AvgIpc) is 2.96. The SMILES string of the molecule is CCCCC1NC(CCC)N(CC2(C)CCCC2)C1=O. The van der Waals surface area contributed by atoms with Crippen molar-refractivity contribution in [1.82, 2.24) is 10.2 Å². The van der Waals surface area contributed by atoms with Crippen molar-refractivity contribution >= 4 is 5.91 Å². The van der Waals surface area contributed by atoms with Gasteiger partial charge in [0.2, 0.25) is 5.91 Å². The van der Waals surface area contributed by atoms with E-state index < -0.39 is 0 Å². The maximum Gasteiger partial charge on any atom is 0.241 e. The minimum atomic E-state index is 0.0801. The van der Waals surface area contributed by atoms with Gasteiger partial charge < -0.3 is 4.90 Å². The molecule has 2 atom stereocenters. The molecule has 3 nitrogen and oxygen atoms in total. The van der Waals surface area contributed by atoms with E-state index in [1.165, 1.54) is 32.1 Å². The van der Waals surface area contributed by atoms with Gasteiger partial charge in [0.1, 0.15) is 0 Å². The predicted octanol–water partition coefficient (Wildman–Crippen LogP) is 3.68. The first-order valence-corrected chi connectivity index (χ1v) is 8.66. The number of nitrogens with zero attached hydrogens (tertiary/aromatic N) is 1. The molecule has 20 heavy (non-hydrogen) atoms. The van der Waals surface area contributed by atoms with Gasteiger partial charge in [0.25, 0.3) is 0 Å². The van der Waals surface area contributed by atoms with E-state index in [1.54, 1.807) is 0 Å². The van der Waals surface area contributed by atoms with Crippen LogP contribution in [-0.2, 0) is 4.79 Å². The summed E-state index contributed by atoms with van der Waals surface area (Å²) in [4.78, 5) is 14.9. The normalized spacial score (nSPS) is 29.4. The molecule has 2 unspecified atom stereocenters. The summed E-state index contributed by atoms with van der Waals surface area (Å²) in [5, 5.41) is 3.59. The molecule has 0 aromatic rings. The lowest BCUT2D eigenvalue weighted by atomic mass is 9.88. The lowest BCUT2D eigenvalue weighted by molar-refractivity contribution is -0.131. The smallest absolute Gasteiger partial charge is 0.241 e. The molecule has 2 aliphatic rings. The van der Waals surface area contributed by atoms with Crippen LogP contribution in [0.1, 0.15) is 78.6 Å². The van der Waals surface area contributed by atoms with E-state index in [1.807, 2.05) is 0 Å². The topological polar surface area (TPSA) is 32.3 Å². The van der Waals surface area contributed by atoms with Crippen LogP contribution in [0.25, 0.3) is 0 Å². The summed E-state index contributed by atoms with van der Waals surface area (Å²) in [6.45, 7) is 7.74. The predicted molar refractivity (Wildman–Crippen MR) is 83.4 cm³/mol. The Hall–Kier alpha value is -0.570. The number of unbranched alkanes of at least 4 members (excludes halogenated alkanes) is 1. The molecule has 0 aromatic heterocycles. The average molecular weight is 280 g/mol. The van der Waals surface area contributed by atoms with Crippen LogP contribution >= 0.6 is 0 Å². The van der Waals surface area contributed by atoms with Crippen molar-refractivity contribution in [3.63, 3.8) is 0 Å². The second-order valence-electron chi connectivity index (χ2n) is 7.15. The van der Waals surface area contributed by atoms with Crippen LogP contribution in [0.4, 0.5) is 0 Å². The number of carbonyl (C=O) groups is 1. The van der Waals surface area contributed by atoms with Crippen LogP contribution in [0.5, 0.6) is 0 Å². The summed E-state index contributed by atoms with van der Waals surface area (Å²) in [5.74, 6) is 0.366. The first kappa shape index (κ1) is 15.8. The van der Waals surface area contributed by atoms with Crippen LogP contribution in [0.15, 0.2) is 0 Å². The van der Waals surface area contributed by atoms with E-state index in [-0.39, 0.29) is 12.2 Å². The fourth-order valence-electron chi connectivity index (χ4n) is 3.86. The largest absolute Gasteiger partial charge is 0.325 e. The highest BCUT2D eigenvalue weighted by Crippen LogP contribution is 2.39. The quantitative estimate of drug-likeness (QED) is 0.771. The fraction of sp³-hybridized carbons (Fsp3) is 0.941. The van der Waals surface area contributed by atoms with E-state index in [4.69, 9.17) is 0 Å². The Morgan fingerprint density at radius 3 is 2.50 bits per heavy atom. The van der Waals surface area contributed by atoms with Crippen LogP contribution in [0.2, 0.25) is 0 Å². The molecule has 1 saturated carbocycles. The first-order chi connectivity index (χ1) is 9.59. The molecule has 2 fully saturated rings. The Morgan fingerprint density at radius 2 is 1.90 bits per heavy atom. The van der Waals surface area contributed by atoms with Gasteiger partial charge in [-0.15, -0.1) is 0 Å². The maximum absolute atomic E-state index is 12.7. The number of hydrogen-bond donors (Lipinski definition) is 1. The van der Waals surface area contributed by atoms with Gasteiger partial charge in [0.05, 0.1) is 12.2 Å². The molecule has 116 valence electrons. The van der Waals surface area contributed by atoms with Gasteiger partial charge >= 0.3 is 0 Å².